The van der Waals surface area contributed by atoms with Crippen LogP contribution in [-0.4, -0.2) is 15.9 Å². The molecule has 3 rings (SSSR count). The van der Waals surface area contributed by atoms with Gasteiger partial charge in [-0.1, -0.05) is 29.4 Å². The summed E-state index contributed by atoms with van der Waals surface area (Å²) < 4.78 is 5.16. The molecule has 1 aromatic carbocycles. The summed E-state index contributed by atoms with van der Waals surface area (Å²) in [5.41, 5.74) is 2.67. The van der Waals surface area contributed by atoms with Crippen molar-refractivity contribution in [3.8, 4) is 0 Å². The van der Waals surface area contributed by atoms with Crippen molar-refractivity contribution in [1.29, 1.82) is 0 Å². The van der Waals surface area contributed by atoms with Gasteiger partial charge in [-0.15, -0.1) is 0 Å². The molecule has 1 aliphatic rings. The number of nitrogens with zero attached hydrogens (tertiary/aromatic N) is 2. The lowest BCUT2D eigenvalue weighted by atomic mass is 9.82. The largest absolute Gasteiger partial charge is 0.339 e. The Balaban J connectivity index is 1.91. The summed E-state index contributed by atoms with van der Waals surface area (Å²) in [6.45, 7) is 1.53. The Bertz CT molecular complexity index is 604. The lowest BCUT2D eigenvalue weighted by Gasteiger charge is -2.22. The Morgan fingerprint density at radius 2 is 2.26 bits per heavy atom. The zero-order valence-electron chi connectivity index (χ0n) is 10.9. The van der Waals surface area contributed by atoms with E-state index in [0.29, 0.717) is 11.7 Å². The maximum Gasteiger partial charge on any atom is 0.234 e. The van der Waals surface area contributed by atoms with Gasteiger partial charge in [0.05, 0.1) is 6.42 Å². The van der Waals surface area contributed by atoms with E-state index >= 15 is 0 Å². The van der Waals surface area contributed by atoms with Crippen molar-refractivity contribution >= 4 is 5.78 Å². The summed E-state index contributed by atoms with van der Waals surface area (Å²) >= 11 is 0. The standard InChI is InChI=1S/C15H16N2O2/c1-10(18)9-14-16-15(17-19-14)13-8-4-6-11-5-2-3-7-12(11)13/h2-3,5,7,13H,4,6,8-9H2,1H3. The molecule has 0 bridgehead atoms. The number of rotatable bonds is 3. The average molecular weight is 256 g/mol. The van der Waals surface area contributed by atoms with E-state index in [-0.39, 0.29) is 18.1 Å². The number of carbonyl (C=O) groups excluding carboxylic acids is 1. The number of hydrogen-bond donors (Lipinski definition) is 0. The highest BCUT2D eigenvalue weighted by atomic mass is 16.5. The molecular formula is C15H16N2O2. The van der Waals surface area contributed by atoms with Crippen LogP contribution in [0.5, 0.6) is 0 Å². The minimum absolute atomic E-state index is 0.0410. The molecule has 1 atom stereocenters. The van der Waals surface area contributed by atoms with Crippen LogP contribution in [0.4, 0.5) is 0 Å². The van der Waals surface area contributed by atoms with Gasteiger partial charge in [-0.2, -0.15) is 4.98 Å². The quantitative estimate of drug-likeness (QED) is 0.847. The van der Waals surface area contributed by atoms with Crippen LogP contribution in [0.2, 0.25) is 0 Å². The molecule has 1 aromatic heterocycles. The summed E-state index contributed by atoms with van der Waals surface area (Å²) in [4.78, 5) is 15.4. The van der Waals surface area contributed by atoms with E-state index in [1.807, 2.05) is 6.07 Å². The van der Waals surface area contributed by atoms with Crippen LogP contribution in [0.1, 0.15) is 48.5 Å². The van der Waals surface area contributed by atoms with Crippen LogP contribution in [0.25, 0.3) is 0 Å². The molecule has 4 nitrogen and oxygen atoms in total. The Morgan fingerprint density at radius 1 is 1.42 bits per heavy atom. The molecule has 4 heteroatoms. The first-order valence-electron chi connectivity index (χ1n) is 6.64. The third-order valence-electron chi connectivity index (χ3n) is 3.57. The van der Waals surface area contributed by atoms with Gasteiger partial charge in [0.2, 0.25) is 5.89 Å². The van der Waals surface area contributed by atoms with Gasteiger partial charge < -0.3 is 4.52 Å². The van der Waals surface area contributed by atoms with E-state index in [2.05, 4.69) is 28.3 Å². The Labute approximate surface area is 111 Å². The number of carbonyl (C=O) groups is 1. The highest BCUT2D eigenvalue weighted by Gasteiger charge is 2.25. The third kappa shape index (κ3) is 2.43. The number of aromatic nitrogens is 2. The smallest absolute Gasteiger partial charge is 0.234 e. The van der Waals surface area contributed by atoms with E-state index in [1.54, 1.807) is 0 Å². The number of aryl methyl sites for hydroxylation is 1. The van der Waals surface area contributed by atoms with Crippen LogP contribution in [0.3, 0.4) is 0 Å². The summed E-state index contributed by atoms with van der Waals surface area (Å²) in [6.07, 6.45) is 3.51. The molecular weight excluding hydrogens is 240 g/mol. The van der Waals surface area contributed by atoms with Crippen LogP contribution < -0.4 is 0 Å². The van der Waals surface area contributed by atoms with Gasteiger partial charge >= 0.3 is 0 Å². The average Bonchev–Trinajstić information content (AvgIpc) is 2.85. The second-order valence-electron chi connectivity index (χ2n) is 5.07. The Morgan fingerprint density at radius 3 is 3.11 bits per heavy atom. The molecule has 19 heavy (non-hydrogen) atoms. The molecule has 1 heterocycles. The second-order valence-corrected chi connectivity index (χ2v) is 5.07. The molecule has 0 amide bonds. The van der Waals surface area contributed by atoms with Crippen molar-refractivity contribution < 1.29 is 9.32 Å². The van der Waals surface area contributed by atoms with E-state index < -0.39 is 0 Å². The number of benzene rings is 1. The molecule has 0 fully saturated rings. The normalized spacial score (nSPS) is 18.1. The van der Waals surface area contributed by atoms with Gasteiger partial charge in [0.1, 0.15) is 5.78 Å². The molecule has 1 unspecified atom stereocenters. The lowest BCUT2D eigenvalue weighted by Crippen LogP contribution is -2.12. The summed E-state index contributed by atoms with van der Waals surface area (Å²) in [7, 11) is 0. The first-order valence-corrected chi connectivity index (χ1v) is 6.64. The van der Waals surface area contributed by atoms with Crippen molar-refractivity contribution in [3.63, 3.8) is 0 Å². The number of hydrogen-bond acceptors (Lipinski definition) is 4. The highest BCUT2D eigenvalue weighted by Crippen LogP contribution is 2.35. The number of Topliss-reactive ketones (excluding diaryl/α,β-unsaturated/α-hetero) is 1. The molecule has 0 radical (unpaired) electrons. The van der Waals surface area contributed by atoms with E-state index in [4.69, 9.17) is 4.52 Å². The first kappa shape index (κ1) is 12.1. The highest BCUT2D eigenvalue weighted by molar-refractivity contribution is 5.77. The van der Waals surface area contributed by atoms with Crippen molar-refractivity contribution in [1.82, 2.24) is 10.1 Å². The van der Waals surface area contributed by atoms with Gasteiger partial charge in [0, 0.05) is 5.92 Å². The SMILES string of the molecule is CC(=O)Cc1nc(C2CCCc3ccccc32)no1. The van der Waals surface area contributed by atoms with Gasteiger partial charge in [0.15, 0.2) is 5.82 Å². The Kier molecular flexibility index (Phi) is 3.15. The molecule has 1 aliphatic carbocycles. The van der Waals surface area contributed by atoms with Crippen LogP contribution in [-0.2, 0) is 17.6 Å². The zero-order valence-corrected chi connectivity index (χ0v) is 10.9. The predicted octanol–water partition coefficient (Wildman–Crippen LogP) is 2.67. The van der Waals surface area contributed by atoms with Crippen LogP contribution in [0, 0.1) is 0 Å². The van der Waals surface area contributed by atoms with E-state index in [0.717, 1.165) is 19.3 Å². The fourth-order valence-corrected chi connectivity index (χ4v) is 2.72. The topological polar surface area (TPSA) is 56.0 Å². The summed E-state index contributed by atoms with van der Waals surface area (Å²) in [6, 6.07) is 8.42. The Hall–Kier alpha value is -1.97. The fraction of sp³-hybridized carbons (Fsp3) is 0.400. The molecule has 98 valence electrons. The molecule has 0 spiro atoms. The van der Waals surface area contributed by atoms with Crippen molar-refractivity contribution in [2.45, 2.75) is 38.5 Å². The van der Waals surface area contributed by atoms with E-state index in [1.165, 1.54) is 18.1 Å². The zero-order chi connectivity index (χ0) is 13.2. The molecule has 0 aliphatic heterocycles. The molecule has 0 N–H and O–H groups in total. The molecule has 2 aromatic rings. The maximum atomic E-state index is 11.1. The molecule has 0 saturated heterocycles. The lowest BCUT2D eigenvalue weighted by molar-refractivity contribution is -0.116. The van der Waals surface area contributed by atoms with Crippen molar-refractivity contribution in [2.24, 2.45) is 0 Å². The minimum Gasteiger partial charge on any atom is -0.339 e. The molecule has 0 saturated carbocycles. The fourth-order valence-electron chi connectivity index (χ4n) is 2.72. The summed E-state index contributed by atoms with van der Waals surface area (Å²) in [5.74, 6) is 1.38. The van der Waals surface area contributed by atoms with Gasteiger partial charge in [-0.05, 0) is 37.3 Å². The number of fused-ring (bicyclic) bond motifs is 1. The van der Waals surface area contributed by atoms with Crippen LogP contribution in [0.15, 0.2) is 28.8 Å². The maximum absolute atomic E-state index is 11.1. The number of ketones is 1. The predicted molar refractivity (Wildman–Crippen MR) is 69.9 cm³/mol. The first-order chi connectivity index (χ1) is 9.24. The minimum atomic E-state index is 0.0410. The monoisotopic (exact) mass is 256 g/mol. The third-order valence-corrected chi connectivity index (χ3v) is 3.57. The van der Waals surface area contributed by atoms with Gasteiger partial charge in [-0.3, -0.25) is 4.79 Å². The summed E-state index contributed by atoms with van der Waals surface area (Å²) in [5, 5.41) is 4.05. The van der Waals surface area contributed by atoms with Crippen LogP contribution >= 0.6 is 0 Å². The van der Waals surface area contributed by atoms with Gasteiger partial charge in [0.25, 0.3) is 0 Å². The van der Waals surface area contributed by atoms with Gasteiger partial charge in [-0.25, -0.2) is 0 Å². The second kappa shape index (κ2) is 4.96. The van der Waals surface area contributed by atoms with E-state index in [9.17, 15) is 4.79 Å². The van der Waals surface area contributed by atoms with Crippen molar-refractivity contribution in [3.05, 3.63) is 47.1 Å². The van der Waals surface area contributed by atoms with Crippen molar-refractivity contribution in [2.75, 3.05) is 0 Å².